The summed E-state index contributed by atoms with van der Waals surface area (Å²) in [6.45, 7) is 0. The van der Waals surface area contributed by atoms with Crippen molar-refractivity contribution in [2.75, 3.05) is 7.11 Å². The summed E-state index contributed by atoms with van der Waals surface area (Å²) in [6.07, 6.45) is -0.657. The van der Waals surface area contributed by atoms with Crippen LogP contribution in [0.25, 0.3) is 0 Å². The summed E-state index contributed by atoms with van der Waals surface area (Å²) in [6, 6.07) is 6.68. The van der Waals surface area contributed by atoms with Crippen LogP contribution in [0.5, 0.6) is 5.75 Å². The third-order valence-electron chi connectivity index (χ3n) is 3.69. The average Bonchev–Trinajstić information content (AvgIpc) is 2.58. The molecule has 0 aliphatic carbocycles. The quantitative estimate of drug-likeness (QED) is 0.770. The van der Waals surface area contributed by atoms with Gasteiger partial charge >= 0.3 is 5.97 Å². The van der Waals surface area contributed by atoms with E-state index < -0.39 is 41.5 Å². The molecule has 0 saturated carbocycles. The zero-order chi connectivity index (χ0) is 19.3. The number of rotatable bonds is 7. The van der Waals surface area contributed by atoms with Gasteiger partial charge in [-0.3, -0.25) is 4.79 Å². The fourth-order valence-corrected chi connectivity index (χ4v) is 2.66. The highest BCUT2D eigenvalue weighted by atomic mass is 35.5. The van der Waals surface area contributed by atoms with E-state index in [0.717, 1.165) is 12.1 Å². The van der Waals surface area contributed by atoms with Gasteiger partial charge in [0.25, 0.3) is 0 Å². The summed E-state index contributed by atoms with van der Waals surface area (Å²) in [5, 5.41) is 11.9. The molecule has 2 rings (SSSR count). The molecule has 1 amide bonds. The van der Waals surface area contributed by atoms with Gasteiger partial charge in [-0.15, -0.1) is 0 Å². The number of carbonyl (C=O) groups excluding carboxylic acids is 1. The molecule has 0 aromatic heterocycles. The van der Waals surface area contributed by atoms with Gasteiger partial charge in [-0.05, 0) is 29.8 Å². The minimum atomic E-state index is -1.28. The molecule has 0 fully saturated rings. The van der Waals surface area contributed by atoms with Crippen molar-refractivity contribution in [2.45, 2.75) is 18.9 Å². The van der Waals surface area contributed by atoms with Crippen LogP contribution in [0, 0.1) is 11.6 Å². The number of carboxylic acid groups (broad SMARTS) is 1. The van der Waals surface area contributed by atoms with Crippen molar-refractivity contribution < 1.29 is 28.2 Å². The van der Waals surface area contributed by atoms with Crippen molar-refractivity contribution in [1.82, 2.24) is 5.32 Å². The van der Waals surface area contributed by atoms with E-state index in [1.165, 1.54) is 19.2 Å². The number of hydrogen-bond donors (Lipinski definition) is 2. The Morgan fingerprint density at radius 2 is 1.88 bits per heavy atom. The van der Waals surface area contributed by atoms with Gasteiger partial charge in [0.15, 0.2) is 0 Å². The normalized spacial score (nSPS) is 11.7. The molecule has 26 heavy (non-hydrogen) atoms. The maximum absolute atomic E-state index is 13.6. The van der Waals surface area contributed by atoms with Gasteiger partial charge in [0.2, 0.25) is 5.91 Å². The molecule has 1 atom stereocenters. The first-order chi connectivity index (χ1) is 12.3. The molecule has 0 aliphatic heterocycles. The second-order valence-corrected chi connectivity index (χ2v) is 5.92. The number of nitrogens with one attached hydrogen (secondary N) is 1. The van der Waals surface area contributed by atoms with E-state index in [2.05, 4.69) is 5.32 Å². The summed E-state index contributed by atoms with van der Waals surface area (Å²) < 4.78 is 32.2. The number of aliphatic carboxylic acids is 1. The van der Waals surface area contributed by atoms with Crippen LogP contribution >= 0.6 is 11.6 Å². The maximum atomic E-state index is 13.6. The molecular weight excluding hydrogens is 368 g/mol. The van der Waals surface area contributed by atoms with Gasteiger partial charge in [0.1, 0.15) is 23.4 Å². The minimum absolute atomic E-state index is 0.0511. The summed E-state index contributed by atoms with van der Waals surface area (Å²) in [7, 11) is 1.45. The first-order valence-corrected chi connectivity index (χ1v) is 7.97. The van der Waals surface area contributed by atoms with Crippen LogP contribution in [0.3, 0.4) is 0 Å². The molecule has 0 heterocycles. The zero-order valence-electron chi connectivity index (χ0n) is 13.8. The number of hydrogen-bond acceptors (Lipinski definition) is 3. The van der Waals surface area contributed by atoms with Gasteiger partial charge in [0, 0.05) is 12.0 Å². The second-order valence-electron chi connectivity index (χ2n) is 5.51. The minimum Gasteiger partial charge on any atom is -0.495 e. The standard InChI is InChI=1S/C18H16ClF2NO4/c1-26-16-6-5-10(7-12(16)19)8-15(18(24)25)22-17(23)9-11-13(20)3-2-4-14(11)21/h2-7,15H,8-9H2,1H3,(H,22,23)(H,24,25)/t15-/m0/s1. The molecule has 0 saturated heterocycles. The van der Waals surface area contributed by atoms with Crippen LogP contribution in [0.2, 0.25) is 5.02 Å². The number of carboxylic acids is 1. The largest absolute Gasteiger partial charge is 0.495 e. The number of methoxy groups -OCH3 is 1. The number of ether oxygens (including phenoxy) is 1. The van der Waals surface area contributed by atoms with E-state index in [-0.39, 0.29) is 6.42 Å². The van der Waals surface area contributed by atoms with Crippen molar-refractivity contribution in [2.24, 2.45) is 0 Å². The molecule has 2 N–H and O–H groups in total. The van der Waals surface area contributed by atoms with Crippen LogP contribution in [-0.4, -0.2) is 30.1 Å². The molecule has 0 bridgehead atoms. The molecule has 0 unspecified atom stereocenters. The van der Waals surface area contributed by atoms with E-state index in [1.807, 2.05) is 0 Å². The summed E-state index contributed by atoms with van der Waals surface area (Å²) in [5.74, 6) is -3.38. The fourth-order valence-electron chi connectivity index (χ4n) is 2.38. The van der Waals surface area contributed by atoms with Gasteiger partial charge < -0.3 is 15.2 Å². The summed E-state index contributed by atoms with van der Waals surface area (Å²) in [5.41, 5.74) is 0.141. The summed E-state index contributed by atoms with van der Waals surface area (Å²) in [4.78, 5) is 23.4. The van der Waals surface area contributed by atoms with Crippen LogP contribution in [0.15, 0.2) is 36.4 Å². The van der Waals surface area contributed by atoms with Gasteiger partial charge in [-0.25, -0.2) is 13.6 Å². The highest BCUT2D eigenvalue weighted by Gasteiger charge is 2.22. The van der Waals surface area contributed by atoms with Crippen molar-refractivity contribution in [1.29, 1.82) is 0 Å². The molecular formula is C18H16ClF2NO4. The first-order valence-electron chi connectivity index (χ1n) is 7.59. The topological polar surface area (TPSA) is 75.6 Å². The van der Waals surface area contributed by atoms with E-state index in [9.17, 15) is 23.5 Å². The number of carbonyl (C=O) groups is 2. The lowest BCUT2D eigenvalue weighted by Crippen LogP contribution is -2.43. The van der Waals surface area contributed by atoms with Gasteiger partial charge in [-0.2, -0.15) is 0 Å². The Kier molecular flexibility index (Phi) is 6.52. The Balaban J connectivity index is 2.09. The van der Waals surface area contributed by atoms with Crippen molar-refractivity contribution in [3.05, 3.63) is 64.2 Å². The van der Waals surface area contributed by atoms with Crippen molar-refractivity contribution in [3.63, 3.8) is 0 Å². The molecule has 0 spiro atoms. The number of halogens is 3. The highest BCUT2D eigenvalue weighted by Crippen LogP contribution is 2.25. The van der Waals surface area contributed by atoms with Crippen molar-refractivity contribution in [3.8, 4) is 5.75 Å². The van der Waals surface area contributed by atoms with Crippen molar-refractivity contribution >= 4 is 23.5 Å². The Hall–Kier alpha value is -2.67. The Bertz CT molecular complexity index is 809. The van der Waals surface area contributed by atoms with Gasteiger partial charge in [0.05, 0.1) is 18.6 Å². The summed E-state index contributed by atoms with van der Waals surface area (Å²) >= 11 is 6.00. The zero-order valence-corrected chi connectivity index (χ0v) is 14.5. The molecule has 2 aromatic carbocycles. The Morgan fingerprint density at radius 1 is 1.23 bits per heavy atom. The van der Waals surface area contributed by atoms with Crippen LogP contribution in [0.4, 0.5) is 8.78 Å². The lowest BCUT2D eigenvalue weighted by atomic mass is 10.0. The number of benzene rings is 2. The monoisotopic (exact) mass is 383 g/mol. The highest BCUT2D eigenvalue weighted by molar-refractivity contribution is 6.32. The Morgan fingerprint density at radius 3 is 2.42 bits per heavy atom. The average molecular weight is 384 g/mol. The van der Waals surface area contributed by atoms with E-state index in [1.54, 1.807) is 12.1 Å². The molecule has 2 aromatic rings. The van der Waals surface area contributed by atoms with Gasteiger partial charge in [-0.1, -0.05) is 23.7 Å². The molecule has 0 aliphatic rings. The third kappa shape index (κ3) is 4.92. The number of amides is 1. The predicted octanol–water partition coefficient (Wildman–Crippen LogP) is 2.98. The first kappa shape index (κ1) is 19.7. The fraction of sp³-hybridized carbons (Fsp3) is 0.222. The molecule has 0 radical (unpaired) electrons. The van der Waals surface area contributed by atoms with Crippen LogP contribution < -0.4 is 10.1 Å². The second kappa shape index (κ2) is 8.62. The van der Waals surface area contributed by atoms with E-state index >= 15 is 0 Å². The van der Waals surface area contributed by atoms with E-state index in [0.29, 0.717) is 16.3 Å². The van der Waals surface area contributed by atoms with E-state index in [4.69, 9.17) is 16.3 Å². The van der Waals surface area contributed by atoms with Crippen LogP contribution in [-0.2, 0) is 22.4 Å². The predicted molar refractivity (Wildman–Crippen MR) is 91.3 cm³/mol. The smallest absolute Gasteiger partial charge is 0.326 e. The molecule has 5 nitrogen and oxygen atoms in total. The lowest BCUT2D eigenvalue weighted by Gasteiger charge is -2.15. The van der Waals surface area contributed by atoms with Crippen LogP contribution in [0.1, 0.15) is 11.1 Å². The molecule has 138 valence electrons. The SMILES string of the molecule is COc1ccc(C[C@H](NC(=O)Cc2c(F)cccc2F)C(=O)O)cc1Cl. The lowest BCUT2D eigenvalue weighted by molar-refractivity contribution is -0.141. The Labute approximate surface area is 153 Å². The molecule has 8 heteroatoms. The maximum Gasteiger partial charge on any atom is 0.326 e. The third-order valence-corrected chi connectivity index (χ3v) is 3.98.